The molecule has 0 aromatic heterocycles. The highest BCUT2D eigenvalue weighted by Gasteiger charge is 2.46. The van der Waals surface area contributed by atoms with Gasteiger partial charge in [-0.15, -0.1) is 5.10 Å². The summed E-state index contributed by atoms with van der Waals surface area (Å²) in [4.78, 5) is 23.0. The zero-order chi connectivity index (χ0) is 32.4. The summed E-state index contributed by atoms with van der Waals surface area (Å²) in [6, 6.07) is 21.2. The highest BCUT2D eigenvalue weighted by Crippen LogP contribution is 2.45. The Morgan fingerprint density at radius 2 is 1.54 bits per heavy atom. The van der Waals surface area contributed by atoms with Crippen LogP contribution >= 0.6 is 0 Å². The third kappa shape index (κ3) is 5.60. The van der Waals surface area contributed by atoms with Crippen LogP contribution in [0.25, 0.3) is 6.08 Å². The predicted molar refractivity (Wildman–Crippen MR) is 180 cm³/mol. The summed E-state index contributed by atoms with van der Waals surface area (Å²) in [5, 5.41) is 6.63. The number of Topliss-reactive ketones (excluding diaryl/α,β-unsaturated/α-hetero) is 1. The molecule has 6 rings (SSSR count). The maximum absolute atomic E-state index is 13.3. The molecule has 0 radical (unpaired) electrons. The van der Waals surface area contributed by atoms with E-state index in [1.54, 1.807) is 40.4 Å². The second-order valence-electron chi connectivity index (χ2n) is 11.3. The Balaban J connectivity index is 1.60. The molecule has 1 atom stereocenters. The van der Waals surface area contributed by atoms with Gasteiger partial charge in [0.15, 0.2) is 34.6 Å². The number of hydrogen-bond donors (Lipinski definition) is 0. The van der Waals surface area contributed by atoms with E-state index in [-0.39, 0.29) is 11.8 Å². The number of anilines is 1. The van der Waals surface area contributed by atoms with Gasteiger partial charge >= 0.3 is 0 Å². The highest BCUT2D eigenvalue weighted by molar-refractivity contribution is 6.43. The fourth-order valence-electron chi connectivity index (χ4n) is 6.32. The summed E-state index contributed by atoms with van der Waals surface area (Å²) < 4.78 is 22.4. The van der Waals surface area contributed by atoms with Crippen molar-refractivity contribution in [2.75, 3.05) is 53.1 Å². The molecule has 0 bridgehead atoms. The van der Waals surface area contributed by atoms with Gasteiger partial charge in [-0.1, -0.05) is 37.3 Å². The van der Waals surface area contributed by atoms with E-state index >= 15 is 0 Å². The third-order valence-electron chi connectivity index (χ3n) is 8.35. The summed E-state index contributed by atoms with van der Waals surface area (Å²) in [7, 11) is 6.52. The largest absolute Gasteiger partial charge is 0.493 e. The zero-order valence-corrected chi connectivity index (χ0v) is 27.1. The maximum atomic E-state index is 13.3. The molecule has 0 N–H and O–H groups in total. The van der Waals surface area contributed by atoms with Crippen LogP contribution in [0.1, 0.15) is 37.4 Å². The van der Waals surface area contributed by atoms with Crippen LogP contribution in [0.4, 0.5) is 5.69 Å². The number of hydrazone groups is 1. The highest BCUT2D eigenvalue weighted by atomic mass is 16.5. The van der Waals surface area contributed by atoms with Crippen molar-refractivity contribution < 1.29 is 23.7 Å². The second-order valence-corrected chi connectivity index (χ2v) is 11.3. The topological polar surface area (TPSA) is 88.4 Å². The van der Waals surface area contributed by atoms with E-state index in [1.807, 2.05) is 71.6 Å². The van der Waals surface area contributed by atoms with Gasteiger partial charge in [-0.05, 0) is 77.7 Å². The van der Waals surface area contributed by atoms with E-state index in [9.17, 15) is 4.79 Å². The van der Waals surface area contributed by atoms with E-state index < -0.39 is 0 Å². The lowest BCUT2D eigenvalue weighted by Crippen LogP contribution is -2.48. The summed E-state index contributed by atoms with van der Waals surface area (Å²) in [5.41, 5.74) is 5.73. The summed E-state index contributed by atoms with van der Waals surface area (Å²) in [6.45, 7) is 6.02. The fourth-order valence-corrected chi connectivity index (χ4v) is 6.32. The number of hydrogen-bond acceptors (Lipinski definition) is 10. The lowest BCUT2D eigenvalue weighted by Gasteiger charge is -2.42. The first-order chi connectivity index (χ1) is 22.4. The summed E-state index contributed by atoms with van der Waals surface area (Å²) in [6.07, 6.45) is 3.16. The molecule has 1 unspecified atom stereocenters. The van der Waals surface area contributed by atoms with Gasteiger partial charge in [0.25, 0.3) is 0 Å². The Morgan fingerprint density at radius 3 is 2.20 bits per heavy atom. The molecule has 3 aromatic carbocycles. The number of ketones is 1. The number of nitrogens with zero attached hydrogens (tertiary/aromatic N) is 5. The molecule has 0 spiro atoms. The van der Waals surface area contributed by atoms with Gasteiger partial charge in [0.05, 0.1) is 45.9 Å². The number of ether oxygens (including phenoxy) is 4. The van der Waals surface area contributed by atoms with Gasteiger partial charge < -0.3 is 18.9 Å². The second kappa shape index (κ2) is 13.1. The van der Waals surface area contributed by atoms with Crippen LogP contribution in [-0.4, -0.2) is 75.5 Å². The van der Waals surface area contributed by atoms with Gasteiger partial charge in [-0.2, -0.15) is 5.01 Å². The van der Waals surface area contributed by atoms with Gasteiger partial charge in [0.2, 0.25) is 5.96 Å². The van der Waals surface area contributed by atoms with Gasteiger partial charge in [-0.25, -0.2) is 4.99 Å². The number of rotatable bonds is 10. The van der Waals surface area contributed by atoms with Crippen LogP contribution in [0.5, 0.6) is 23.0 Å². The van der Waals surface area contributed by atoms with E-state index in [1.165, 1.54) is 0 Å². The molecule has 3 heterocycles. The van der Waals surface area contributed by atoms with Gasteiger partial charge in [-0.3, -0.25) is 14.6 Å². The van der Waals surface area contributed by atoms with E-state index in [0.29, 0.717) is 47.9 Å². The number of para-hydroxylation sites is 1. The number of carbonyl (C=O) groups is 1. The molecule has 0 saturated heterocycles. The quantitative estimate of drug-likeness (QED) is 0.276. The molecule has 0 saturated carbocycles. The smallest absolute Gasteiger partial charge is 0.234 e. The van der Waals surface area contributed by atoms with Gasteiger partial charge in [0.1, 0.15) is 0 Å². The first-order valence-electron chi connectivity index (χ1n) is 15.3. The lowest BCUT2D eigenvalue weighted by molar-refractivity contribution is -0.111. The van der Waals surface area contributed by atoms with Crippen molar-refractivity contribution in [3.05, 3.63) is 94.7 Å². The van der Waals surface area contributed by atoms with Crippen molar-refractivity contribution in [3.8, 4) is 23.0 Å². The molecular weight excluding hydrogens is 582 g/mol. The van der Waals surface area contributed by atoms with Gasteiger partial charge in [0, 0.05) is 20.0 Å². The van der Waals surface area contributed by atoms with Crippen LogP contribution in [0.3, 0.4) is 0 Å². The molecule has 46 heavy (non-hydrogen) atoms. The first kappa shape index (κ1) is 30.9. The van der Waals surface area contributed by atoms with E-state index in [2.05, 4.69) is 17.9 Å². The minimum atomic E-state index is -0.382. The molecule has 3 aromatic rings. The third-order valence-corrected chi connectivity index (χ3v) is 8.35. The Bertz CT molecular complexity index is 1760. The lowest BCUT2D eigenvalue weighted by atomic mass is 9.87. The number of amidine groups is 1. The van der Waals surface area contributed by atoms with Crippen molar-refractivity contribution in [1.29, 1.82) is 0 Å². The number of methoxy groups -OCH3 is 4. The molecule has 0 aliphatic carbocycles. The van der Waals surface area contributed by atoms with Crippen LogP contribution < -0.4 is 24.0 Å². The normalized spacial score (nSPS) is 18.6. The molecular formula is C36H39N5O5. The summed E-state index contributed by atoms with van der Waals surface area (Å²) in [5.74, 6) is 3.30. The first-order valence-corrected chi connectivity index (χ1v) is 15.3. The molecule has 3 aliphatic rings. The Morgan fingerprint density at radius 1 is 0.870 bits per heavy atom. The van der Waals surface area contributed by atoms with Crippen molar-refractivity contribution in [3.63, 3.8) is 0 Å². The summed E-state index contributed by atoms with van der Waals surface area (Å²) >= 11 is 0. The molecule has 0 amide bonds. The Kier molecular flexibility index (Phi) is 8.81. The van der Waals surface area contributed by atoms with Crippen molar-refractivity contribution in [1.82, 2.24) is 9.80 Å². The van der Waals surface area contributed by atoms with Crippen molar-refractivity contribution in [2.24, 2.45) is 10.1 Å². The van der Waals surface area contributed by atoms with Crippen molar-refractivity contribution in [2.45, 2.75) is 26.3 Å². The number of carbonyl (C=O) groups excluding carboxylic acids is 1. The van der Waals surface area contributed by atoms with Crippen LogP contribution in [0.15, 0.2) is 93.7 Å². The monoisotopic (exact) mass is 621 g/mol. The van der Waals surface area contributed by atoms with Crippen molar-refractivity contribution >= 4 is 29.3 Å². The molecule has 238 valence electrons. The standard InChI is InChI=1S/C36H39N5O5/c1-7-17-39-21-26(18-24-13-15-29(43-3)31(19-24)45-5)33-28(22-39)34(25-14-16-30(44-4)32(20-25)46-6)40-35(23(2)42)38-41(36(40)37-33)27-11-9-8-10-12-27/h8-16,18-20,34H,7,17,21-22H2,1-6H3. The van der Waals surface area contributed by atoms with Crippen LogP contribution in [-0.2, 0) is 4.79 Å². The predicted octanol–water partition coefficient (Wildman–Crippen LogP) is 5.92. The number of benzene rings is 3. The number of aliphatic imine (C=N–C) groups is 1. The van der Waals surface area contributed by atoms with E-state index in [0.717, 1.165) is 46.6 Å². The molecule has 3 aliphatic heterocycles. The Labute approximate surface area is 269 Å². The van der Waals surface area contributed by atoms with E-state index in [4.69, 9.17) is 29.0 Å². The number of guanidine groups is 1. The fraction of sp³-hybridized carbons (Fsp3) is 0.306. The Hall–Kier alpha value is -5.09. The average Bonchev–Trinajstić information content (AvgIpc) is 3.47. The zero-order valence-electron chi connectivity index (χ0n) is 27.1. The SMILES string of the molecule is CCCN1CC(=Cc2ccc(OC)c(OC)c2)C2=C(C1)C(c1ccc(OC)c(OC)c1)N1C(C(C)=O)=NN(c3ccccc3)C1=N2. The van der Waals surface area contributed by atoms with Crippen LogP contribution in [0.2, 0.25) is 0 Å². The maximum Gasteiger partial charge on any atom is 0.234 e. The molecule has 10 heteroatoms. The molecule has 10 nitrogen and oxygen atoms in total. The average molecular weight is 622 g/mol. The minimum Gasteiger partial charge on any atom is -0.493 e. The number of fused-ring (bicyclic) bond motifs is 1. The molecule has 0 fully saturated rings. The minimum absolute atomic E-state index is 0.150. The van der Waals surface area contributed by atoms with Crippen LogP contribution in [0, 0.1) is 0 Å².